The molecule has 0 saturated heterocycles. The van der Waals surface area contributed by atoms with Crippen molar-refractivity contribution < 1.29 is 0 Å². The summed E-state index contributed by atoms with van der Waals surface area (Å²) in [4.78, 5) is 0. The zero-order valence-corrected chi connectivity index (χ0v) is 13.5. The zero-order chi connectivity index (χ0) is 14.8. The van der Waals surface area contributed by atoms with Crippen LogP contribution >= 0.6 is 0 Å². The highest BCUT2D eigenvalue weighted by atomic mass is 14.2. The number of benzene rings is 1. The molecule has 0 N–H and O–H groups in total. The van der Waals surface area contributed by atoms with Gasteiger partial charge in [-0.15, -0.1) is 0 Å². The molecule has 1 atom stereocenters. The lowest BCUT2D eigenvalue weighted by Crippen LogP contribution is -2.08. The van der Waals surface area contributed by atoms with E-state index >= 15 is 0 Å². The summed E-state index contributed by atoms with van der Waals surface area (Å²) >= 11 is 0. The van der Waals surface area contributed by atoms with Crippen molar-refractivity contribution in [3.8, 4) is 0 Å². The fourth-order valence-corrected chi connectivity index (χ4v) is 3.32. The van der Waals surface area contributed by atoms with Gasteiger partial charge in [-0.2, -0.15) is 0 Å². The first-order valence-electron chi connectivity index (χ1n) is 8.81. The van der Waals surface area contributed by atoms with Gasteiger partial charge in [0.1, 0.15) is 0 Å². The Kier molecular flexibility index (Phi) is 7.35. The molecule has 0 aromatic heterocycles. The molecular weight excluding hydrogens is 252 g/mol. The van der Waals surface area contributed by atoms with Crippen LogP contribution in [0.3, 0.4) is 0 Å². The van der Waals surface area contributed by atoms with Gasteiger partial charge in [0, 0.05) is 5.92 Å². The Labute approximate surface area is 131 Å². The molecule has 1 aliphatic rings. The van der Waals surface area contributed by atoms with E-state index in [4.69, 9.17) is 0 Å². The molecule has 0 spiro atoms. The van der Waals surface area contributed by atoms with Crippen LogP contribution in [0.15, 0.2) is 54.6 Å². The van der Waals surface area contributed by atoms with Crippen molar-refractivity contribution >= 4 is 0 Å². The van der Waals surface area contributed by atoms with Crippen LogP contribution < -0.4 is 0 Å². The molecular formula is C21H30. The Morgan fingerprint density at radius 1 is 0.810 bits per heavy atom. The minimum Gasteiger partial charge on any atom is -0.0770 e. The lowest BCUT2D eigenvalue weighted by atomic mass is 9.83. The molecule has 0 aliphatic heterocycles. The highest BCUT2D eigenvalue weighted by molar-refractivity contribution is 5.28. The number of unbranched alkanes of at least 4 members (excludes halogenated alkanes) is 6. The quantitative estimate of drug-likeness (QED) is 0.421. The van der Waals surface area contributed by atoms with Gasteiger partial charge in [0.05, 0.1) is 0 Å². The second kappa shape index (κ2) is 9.60. The van der Waals surface area contributed by atoms with Crippen LogP contribution in [0.25, 0.3) is 0 Å². The molecule has 21 heavy (non-hydrogen) atoms. The molecule has 0 bridgehead atoms. The highest BCUT2D eigenvalue weighted by Gasteiger charge is 2.19. The number of hydrogen-bond acceptors (Lipinski definition) is 0. The van der Waals surface area contributed by atoms with Crippen molar-refractivity contribution in [2.45, 2.75) is 64.2 Å². The number of allylic oxidation sites excluding steroid dienone is 4. The molecule has 0 saturated carbocycles. The molecule has 0 heterocycles. The molecule has 0 nitrogen and oxygen atoms in total. The summed E-state index contributed by atoms with van der Waals surface area (Å²) < 4.78 is 0. The van der Waals surface area contributed by atoms with Crippen LogP contribution in [-0.4, -0.2) is 0 Å². The summed E-state index contributed by atoms with van der Waals surface area (Å²) in [6.07, 6.45) is 20.2. The molecule has 1 aromatic carbocycles. The van der Waals surface area contributed by atoms with Crippen LogP contribution in [-0.2, 0) is 0 Å². The Bertz CT molecular complexity index is 415. The second-order valence-electron chi connectivity index (χ2n) is 6.27. The summed E-state index contributed by atoms with van der Waals surface area (Å²) in [5.41, 5.74) is 1.50. The van der Waals surface area contributed by atoms with Gasteiger partial charge < -0.3 is 0 Å². The molecule has 1 aromatic rings. The zero-order valence-electron chi connectivity index (χ0n) is 13.5. The van der Waals surface area contributed by atoms with Gasteiger partial charge in [0.2, 0.25) is 0 Å². The van der Waals surface area contributed by atoms with Gasteiger partial charge in [-0.3, -0.25) is 0 Å². The van der Waals surface area contributed by atoms with E-state index in [2.05, 4.69) is 61.6 Å². The summed E-state index contributed by atoms with van der Waals surface area (Å²) in [7, 11) is 0. The predicted molar refractivity (Wildman–Crippen MR) is 93.6 cm³/mol. The van der Waals surface area contributed by atoms with Crippen LogP contribution in [0, 0.1) is 5.92 Å². The number of rotatable bonds is 10. The summed E-state index contributed by atoms with van der Waals surface area (Å²) in [6, 6.07) is 11.1. The summed E-state index contributed by atoms with van der Waals surface area (Å²) in [5, 5.41) is 0. The highest BCUT2D eigenvalue weighted by Crippen LogP contribution is 2.34. The third-order valence-electron chi connectivity index (χ3n) is 4.59. The Morgan fingerprint density at radius 3 is 2.10 bits per heavy atom. The van der Waals surface area contributed by atoms with Crippen LogP contribution in [0.2, 0.25) is 0 Å². The van der Waals surface area contributed by atoms with Gasteiger partial charge in [-0.1, -0.05) is 107 Å². The van der Waals surface area contributed by atoms with E-state index in [1.807, 2.05) is 0 Å². The molecule has 0 heteroatoms. The van der Waals surface area contributed by atoms with E-state index in [9.17, 15) is 0 Å². The number of hydrogen-bond donors (Lipinski definition) is 0. The monoisotopic (exact) mass is 282 g/mol. The van der Waals surface area contributed by atoms with Crippen molar-refractivity contribution in [1.82, 2.24) is 0 Å². The fraction of sp³-hybridized carbons (Fsp3) is 0.524. The van der Waals surface area contributed by atoms with Crippen molar-refractivity contribution in [2.75, 3.05) is 0 Å². The molecule has 1 aliphatic carbocycles. The predicted octanol–water partition coefficient (Wildman–Crippen LogP) is 6.65. The van der Waals surface area contributed by atoms with Gasteiger partial charge in [0.15, 0.2) is 0 Å². The third kappa shape index (κ3) is 5.53. The Balaban J connectivity index is 1.78. The molecule has 114 valence electrons. The van der Waals surface area contributed by atoms with Gasteiger partial charge in [-0.05, 0) is 17.9 Å². The Morgan fingerprint density at radius 2 is 1.43 bits per heavy atom. The molecule has 0 amide bonds. The maximum absolute atomic E-state index is 2.36. The normalized spacial score (nSPS) is 15.7. The van der Waals surface area contributed by atoms with Crippen molar-refractivity contribution in [3.63, 3.8) is 0 Å². The third-order valence-corrected chi connectivity index (χ3v) is 4.59. The fourth-order valence-electron chi connectivity index (χ4n) is 3.32. The average molecular weight is 282 g/mol. The first-order valence-corrected chi connectivity index (χ1v) is 8.81. The van der Waals surface area contributed by atoms with Crippen molar-refractivity contribution in [1.29, 1.82) is 0 Å². The maximum Gasteiger partial charge on any atom is 0.00215 e. The van der Waals surface area contributed by atoms with Gasteiger partial charge in [0.25, 0.3) is 0 Å². The van der Waals surface area contributed by atoms with Crippen LogP contribution in [0.1, 0.15) is 69.8 Å². The van der Waals surface area contributed by atoms with Crippen molar-refractivity contribution in [2.24, 2.45) is 5.92 Å². The molecule has 0 radical (unpaired) electrons. The van der Waals surface area contributed by atoms with E-state index < -0.39 is 0 Å². The van der Waals surface area contributed by atoms with Crippen molar-refractivity contribution in [3.05, 3.63) is 60.2 Å². The second-order valence-corrected chi connectivity index (χ2v) is 6.27. The van der Waals surface area contributed by atoms with Crippen LogP contribution in [0.4, 0.5) is 0 Å². The topological polar surface area (TPSA) is 0 Å². The molecule has 0 fully saturated rings. The summed E-state index contributed by atoms with van der Waals surface area (Å²) in [5.74, 6) is 1.27. The molecule has 2 rings (SSSR count). The largest absolute Gasteiger partial charge is 0.0770 e. The smallest absolute Gasteiger partial charge is 0.00215 e. The lowest BCUT2D eigenvalue weighted by Gasteiger charge is -2.21. The standard InChI is InChI=1S/C21H30/c1-2-3-4-5-6-7-11-18-21(20-16-12-13-17-20)19-14-9-8-10-15-19/h8-10,12-17,20-21H,2-7,11,18H2,1H3. The lowest BCUT2D eigenvalue weighted by molar-refractivity contribution is 0.497. The van der Waals surface area contributed by atoms with E-state index in [-0.39, 0.29) is 0 Å². The van der Waals surface area contributed by atoms with E-state index in [1.54, 1.807) is 0 Å². The summed E-state index contributed by atoms with van der Waals surface area (Å²) in [6.45, 7) is 2.28. The SMILES string of the molecule is CCCCCCCCCC(c1ccccc1)C1C=CC=C1. The van der Waals surface area contributed by atoms with E-state index in [1.165, 1.54) is 56.9 Å². The van der Waals surface area contributed by atoms with Gasteiger partial charge in [-0.25, -0.2) is 0 Å². The minimum absolute atomic E-state index is 0.604. The molecule has 1 unspecified atom stereocenters. The minimum atomic E-state index is 0.604. The van der Waals surface area contributed by atoms with Gasteiger partial charge >= 0.3 is 0 Å². The van der Waals surface area contributed by atoms with E-state index in [0.717, 1.165) is 0 Å². The maximum atomic E-state index is 2.36. The van der Waals surface area contributed by atoms with E-state index in [0.29, 0.717) is 11.8 Å². The first kappa shape index (κ1) is 16.1. The van der Waals surface area contributed by atoms with Crippen LogP contribution in [0.5, 0.6) is 0 Å². The average Bonchev–Trinajstić information content (AvgIpc) is 3.05. The Hall–Kier alpha value is -1.30. The first-order chi connectivity index (χ1) is 10.4.